The third-order valence-electron chi connectivity index (χ3n) is 4.93. The average molecular weight is 366 g/mol. The molecule has 0 aliphatic heterocycles. The number of nitrogens with two attached hydrogens (primary N) is 1. The molecule has 0 atom stereocenters. The van der Waals surface area contributed by atoms with Crippen molar-refractivity contribution in [1.82, 2.24) is 0 Å². The minimum Gasteiger partial charge on any atom is -0.399 e. The number of anilines is 1. The van der Waals surface area contributed by atoms with E-state index in [4.69, 9.17) is 5.73 Å². The summed E-state index contributed by atoms with van der Waals surface area (Å²) >= 11 is 0. The van der Waals surface area contributed by atoms with E-state index in [1.54, 1.807) is 0 Å². The van der Waals surface area contributed by atoms with Gasteiger partial charge in [0.1, 0.15) is 0 Å². The lowest BCUT2D eigenvalue weighted by Crippen LogP contribution is -1.86. The van der Waals surface area contributed by atoms with Gasteiger partial charge in [-0.15, -0.1) is 0 Å². The van der Waals surface area contributed by atoms with Crippen molar-refractivity contribution in [2.75, 3.05) is 5.73 Å². The second-order valence-corrected chi connectivity index (χ2v) is 7.39. The Morgan fingerprint density at radius 1 is 0.593 bits per heavy atom. The SMILES string of the molecule is CCCCCCCCCCCCc1ccc(N=Nc2ccc(N)cc2)cc1. The van der Waals surface area contributed by atoms with Gasteiger partial charge >= 0.3 is 0 Å². The highest BCUT2D eigenvalue weighted by atomic mass is 15.1. The van der Waals surface area contributed by atoms with Crippen LogP contribution in [0.2, 0.25) is 0 Å². The van der Waals surface area contributed by atoms with Crippen LogP contribution in [0.5, 0.6) is 0 Å². The highest BCUT2D eigenvalue weighted by Gasteiger charge is 1.97. The summed E-state index contributed by atoms with van der Waals surface area (Å²) < 4.78 is 0. The van der Waals surface area contributed by atoms with E-state index in [2.05, 4.69) is 29.3 Å². The Morgan fingerprint density at radius 2 is 1.04 bits per heavy atom. The third-order valence-corrected chi connectivity index (χ3v) is 4.93. The van der Waals surface area contributed by atoms with Gasteiger partial charge in [-0.25, -0.2) is 0 Å². The van der Waals surface area contributed by atoms with Crippen LogP contribution in [0.3, 0.4) is 0 Å². The van der Waals surface area contributed by atoms with Crippen molar-refractivity contribution in [2.24, 2.45) is 10.2 Å². The van der Waals surface area contributed by atoms with Gasteiger partial charge in [0.15, 0.2) is 0 Å². The Balaban J connectivity index is 1.58. The summed E-state index contributed by atoms with van der Waals surface area (Å²) in [6, 6.07) is 15.9. The monoisotopic (exact) mass is 365 g/mol. The predicted octanol–water partition coefficient (Wildman–Crippen LogP) is 8.15. The molecule has 0 unspecified atom stereocenters. The molecule has 2 aromatic rings. The zero-order chi connectivity index (χ0) is 19.2. The molecule has 3 nitrogen and oxygen atoms in total. The molecule has 0 saturated heterocycles. The summed E-state index contributed by atoms with van der Waals surface area (Å²) in [6.45, 7) is 2.28. The van der Waals surface area contributed by atoms with Crippen molar-refractivity contribution < 1.29 is 0 Å². The van der Waals surface area contributed by atoms with E-state index in [1.807, 2.05) is 36.4 Å². The van der Waals surface area contributed by atoms with Crippen molar-refractivity contribution in [3.05, 3.63) is 54.1 Å². The average Bonchev–Trinajstić information content (AvgIpc) is 2.70. The largest absolute Gasteiger partial charge is 0.399 e. The smallest absolute Gasteiger partial charge is 0.0858 e. The molecule has 0 fully saturated rings. The van der Waals surface area contributed by atoms with Crippen LogP contribution in [0.25, 0.3) is 0 Å². The number of rotatable bonds is 13. The fourth-order valence-electron chi connectivity index (χ4n) is 3.20. The molecule has 0 aromatic heterocycles. The van der Waals surface area contributed by atoms with E-state index in [-0.39, 0.29) is 0 Å². The summed E-state index contributed by atoms with van der Waals surface area (Å²) in [4.78, 5) is 0. The maximum absolute atomic E-state index is 5.67. The van der Waals surface area contributed by atoms with E-state index in [0.29, 0.717) is 0 Å². The maximum Gasteiger partial charge on any atom is 0.0858 e. The van der Waals surface area contributed by atoms with Gasteiger partial charge in [0.2, 0.25) is 0 Å². The van der Waals surface area contributed by atoms with Gasteiger partial charge in [-0.2, -0.15) is 10.2 Å². The van der Waals surface area contributed by atoms with Crippen LogP contribution in [0, 0.1) is 0 Å². The minimum atomic E-state index is 0.741. The fourth-order valence-corrected chi connectivity index (χ4v) is 3.20. The summed E-state index contributed by atoms with van der Waals surface area (Å²) in [6.07, 6.45) is 15.0. The second kappa shape index (κ2) is 13.1. The van der Waals surface area contributed by atoms with E-state index < -0.39 is 0 Å². The number of azo groups is 1. The van der Waals surface area contributed by atoms with Gasteiger partial charge in [0.05, 0.1) is 11.4 Å². The summed E-state index contributed by atoms with van der Waals surface area (Å²) in [5, 5.41) is 8.53. The summed E-state index contributed by atoms with van der Waals surface area (Å²) in [5.74, 6) is 0. The van der Waals surface area contributed by atoms with E-state index in [0.717, 1.165) is 23.5 Å². The Bertz CT molecular complexity index is 644. The first-order valence-electron chi connectivity index (χ1n) is 10.6. The Hall–Kier alpha value is -2.16. The lowest BCUT2D eigenvalue weighted by atomic mass is 10.0. The molecule has 2 rings (SSSR count). The number of hydrogen-bond acceptors (Lipinski definition) is 3. The molecule has 0 aliphatic rings. The Kier molecular flexibility index (Phi) is 10.2. The molecule has 2 N–H and O–H groups in total. The zero-order valence-electron chi connectivity index (χ0n) is 16.9. The normalized spacial score (nSPS) is 11.3. The van der Waals surface area contributed by atoms with Gasteiger partial charge in [-0.1, -0.05) is 76.8 Å². The van der Waals surface area contributed by atoms with Gasteiger partial charge in [-0.3, -0.25) is 0 Å². The highest BCUT2D eigenvalue weighted by Crippen LogP contribution is 2.20. The molecular formula is C24H35N3. The summed E-state index contributed by atoms with van der Waals surface area (Å²) in [5.41, 5.74) is 9.51. The number of hydrogen-bond donors (Lipinski definition) is 1. The van der Waals surface area contributed by atoms with Crippen molar-refractivity contribution in [2.45, 2.75) is 77.6 Å². The first-order chi connectivity index (χ1) is 13.3. The van der Waals surface area contributed by atoms with Crippen molar-refractivity contribution in [3.8, 4) is 0 Å². The van der Waals surface area contributed by atoms with Crippen LogP contribution in [-0.4, -0.2) is 0 Å². The Labute approximate surface area is 165 Å². The highest BCUT2D eigenvalue weighted by molar-refractivity contribution is 5.48. The van der Waals surface area contributed by atoms with Crippen LogP contribution >= 0.6 is 0 Å². The number of aryl methyl sites for hydroxylation is 1. The topological polar surface area (TPSA) is 50.7 Å². The number of nitrogens with zero attached hydrogens (tertiary/aromatic N) is 2. The van der Waals surface area contributed by atoms with Crippen molar-refractivity contribution in [1.29, 1.82) is 0 Å². The fraction of sp³-hybridized carbons (Fsp3) is 0.500. The lowest BCUT2D eigenvalue weighted by molar-refractivity contribution is 0.556. The standard InChI is InChI=1S/C24H35N3/c1-2-3-4-5-6-7-8-9-10-11-12-21-13-17-23(18-14-21)26-27-24-19-15-22(25)16-20-24/h13-20H,2-12,25H2,1H3. The molecule has 0 amide bonds. The van der Waals surface area contributed by atoms with Gasteiger partial charge in [0, 0.05) is 5.69 Å². The van der Waals surface area contributed by atoms with Gasteiger partial charge < -0.3 is 5.73 Å². The lowest BCUT2D eigenvalue weighted by Gasteiger charge is -2.03. The van der Waals surface area contributed by atoms with Crippen LogP contribution in [-0.2, 0) is 6.42 Å². The van der Waals surface area contributed by atoms with E-state index in [1.165, 1.54) is 69.8 Å². The zero-order valence-corrected chi connectivity index (χ0v) is 16.9. The number of benzene rings is 2. The van der Waals surface area contributed by atoms with E-state index in [9.17, 15) is 0 Å². The van der Waals surface area contributed by atoms with Crippen molar-refractivity contribution in [3.63, 3.8) is 0 Å². The molecule has 2 aromatic carbocycles. The van der Waals surface area contributed by atoms with Crippen LogP contribution in [0.1, 0.15) is 76.7 Å². The molecular weight excluding hydrogens is 330 g/mol. The first kappa shape index (κ1) is 21.1. The van der Waals surface area contributed by atoms with Crippen molar-refractivity contribution >= 4 is 17.1 Å². The molecule has 0 bridgehead atoms. The maximum atomic E-state index is 5.67. The molecule has 0 spiro atoms. The molecule has 0 aliphatic carbocycles. The molecule has 0 radical (unpaired) electrons. The third kappa shape index (κ3) is 9.37. The van der Waals surface area contributed by atoms with Crippen LogP contribution < -0.4 is 5.73 Å². The molecule has 0 heterocycles. The quantitative estimate of drug-likeness (QED) is 0.217. The molecule has 27 heavy (non-hydrogen) atoms. The van der Waals surface area contributed by atoms with E-state index >= 15 is 0 Å². The summed E-state index contributed by atoms with van der Waals surface area (Å²) in [7, 11) is 0. The molecule has 0 saturated carbocycles. The Morgan fingerprint density at radius 3 is 1.56 bits per heavy atom. The molecule has 146 valence electrons. The molecule has 3 heteroatoms. The van der Waals surface area contributed by atoms with Gasteiger partial charge in [0.25, 0.3) is 0 Å². The number of nitrogen functional groups attached to an aromatic ring is 1. The predicted molar refractivity (Wildman–Crippen MR) is 117 cm³/mol. The van der Waals surface area contributed by atoms with Gasteiger partial charge in [-0.05, 0) is 54.8 Å². The van der Waals surface area contributed by atoms with Crippen LogP contribution in [0.4, 0.5) is 17.1 Å². The first-order valence-corrected chi connectivity index (χ1v) is 10.6. The second-order valence-electron chi connectivity index (χ2n) is 7.39. The minimum absolute atomic E-state index is 0.741. The van der Waals surface area contributed by atoms with Crippen LogP contribution in [0.15, 0.2) is 58.8 Å². The number of unbranched alkanes of at least 4 members (excludes halogenated alkanes) is 9.